The Kier molecular flexibility index (Phi) is 8.02. The van der Waals surface area contributed by atoms with E-state index in [0.29, 0.717) is 34.5 Å². The number of guanidine groups is 1. The van der Waals surface area contributed by atoms with Crippen molar-refractivity contribution in [1.29, 1.82) is 5.26 Å². The number of anilines is 1. The van der Waals surface area contributed by atoms with E-state index in [1.807, 2.05) is 6.92 Å². The van der Waals surface area contributed by atoms with E-state index in [1.54, 1.807) is 30.5 Å². The van der Waals surface area contributed by atoms with Crippen molar-refractivity contribution in [2.24, 2.45) is 10.1 Å². The molecule has 1 atom stereocenters. The third kappa shape index (κ3) is 6.74. The van der Waals surface area contributed by atoms with Crippen LogP contribution in [0.15, 0.2) is 52.6 Å². The third-order valence-corrected chi connectivity index (χ3v) is 5.21. The van der Waals surface area contributed by atoms with Crippen LogP contribution in [0.1, 0.15) is 12.5 Å². The van der Waals surface area contributed by atoms with E-state index < -0.39 is 12.8 Å². The summed E-state index contributed by atoms with van der Waals surface area (Å²) in [4.78, 5) is 3.80. The number of nitrogens with zero attached hydrogens (tertiary/aromatic N) is 4. The fourth-order valence-corrected chi connectivity index (χ4v) is 3.41. The maximum Gasteiger partial charge on any atom is 0.422 e. The number of alkyl halides is 3. The molecule has 0 fully saturated rings. The number of hydrogen-bond donors (Lipinski definition) is 2. The summed E-state index contributed by atoms with van der Waals surface area (Å²) < 4.78 is 42.1. The van der Waals surface area contributed by atoms with Crippen LogP contribution in [-0.2, 0) is 0 Å². The number of likely N-dealkylation sites (N-methyl/N-ethyl adjacent to an activating group) is 1. The van der Waals surface area contributed by atoms with Crippen LogP contribution in [0.3, 0.4) is 0 Å². The molecule has 0 amide bonds. The van der Waals surface area contributed by atoms with Gasteiger partial charge in [0.2, 0.25) is 12.2 Å². The Morgan fingerprint density at radius 2 is 2.06 bits per heavy atom. The van der Waals surface area contributed by atoms with Crippen LogP contribution in [0.5, 0.6) is 5.75 Å². The molecule has 1 aliphatic heterocycles. The Labute approximate surface area is 198 Å². The fraction of sp³-hybridized carbons (Fsp3) is 0.286. The summed E-state index contributed by atoms with van der Waals surface area (Å²) in [5, 5.41) is 22.3. The minimum Gasteiger partial charge on any atom is -0.484 e. The molecule has 33 heavy (non-hydrogen) atoms. The second-order valence-electron chi connectivity index (χ2n) is 6.90. The van der Waals surface area contributed by atoms with Crippen molar-refractivity contribution in [2.75, 3.05) is 25.0 Å². The lowest BCUT2D eigenvalue weighted by Gasteiger charge is -2.19. The van der Waals surface area contributed by atoms with E-state index in [-0.39, 0.29) is 17.8 Å². The van der Waals surface area contributed by atoms with Crippen molar-refractivity contribution in [2.45, 2.75) is 19.1 Å². The molecule has 2 aromatic rings. The lowest BCUT2D eigenvalue weighted by molar-refractivity contribution is -0.153. The average molecular weight is 499 g/mol. The highest BCUT2D eigenvalue weighted by Crippen LogP contribution is 2.26. The average Bonchev–Trinajstić information content (AvgIpc) is 3.18. The fourth-order valence-electron chi connectivity index (χ4n) is 3.11. The molecule has 1 unspecified atom stereocenters. The van der Waals surface area contributed by atoms with Crippen molar-refractivity contribution in [3.05, 3.63) is 58.1 Å². The highest BCUT2D eigenvalue weighted by atomic mass is 35.5. The second kappa shape index (κ2) is 10.7. The van der Waals surface area contributed by atoms with E-state index in [0.717, 1.165) is 5.56 Å². The summed E-state index contributed by atoms with van der Waals surface area (Å²) in [6.45, 7) is 1.55. The molecular formula is C21H19Cl2F3N6O. The zero-order chi connectivity index (χ0) is 24.0. The van der Waals surface area contributed by atoms with Gasteiger partial charge in [-0.05, 0) is 30.8 Å². The summed E-state index contributed by atoms with van der Waals surface area (Å²) >= 11 is 12.2. The minimum atomic E-state index is -4.45. The van der Waals surface area contributed by atoms with Crippen molar-refractivity contribution < 1.29 is 17.9 Å². The summed E-state index contributed by atoms with van der Waals surface area (Å²) in [6, 6.07) is 10.9. The molecule has 2 aromatic carbocycles. The highest BCUT2D eigenvalue weighted by molar-refractivity contribution is 6.42. The normalized spacial score (nSPS) is 16.4. The van der Waals surface area contributed by atoms with Gasteiger partial charge in [-0.1, -0.05) is 42.3 Å². The van der Waals surface area contributed by atoms with E-state index >= 15 is 0 Å². The molecule has 0 bridgehead atoms. The minimum absolute atomic E-state index is 0.0144. The highest BCUT2D eigenvalue weighted by Gasteiger charge is 2.31. The zero-order valence-electron chi connectivity index (χ0n) is 17.3. The Morgan fingerprint density at radius 1 is 1.27 bits per heavy atom. The number of ether oxygens (including phenoxy) is 1. The smallest absolute Gasteiger partial charge is 0.422 e. The SMILES string of the molecule is CCNC1CN(/C(=N\C#N)Nc2cccc(OCC(F)(F)F)c2)N=C1c1ccc(Cl)c(Cl)c1. The first-order valence-corrected chi connectivity index (χ1v) is 10.5. The monoisotopic (exact) mass is 498 g/mol. The van der Waals surface area contributed by atoms with Crippen LogP contribution in [-0.4, -0.2) is 48.6 Å². The van der Waals surface area contributed by atoms with Crippen molar-refractivity contribution >= 4 is 40.6 Å². The van der Waals surface area contributed by atoms with E-state index in [9.17, 15) is 18.4 Å². The van der Waals surface area contributed by atoms with Crippen LogP contribution in [0.25, 0.3) is 0 Å². The summed E-state index contributed by atoms with van der Waals surface area (Å²) in [7, 11) is 0. The van der Waals surface area contributed by atoms with Gasteiger partial charge in [0.05, 0.1) is 28.3 Å². The van der Waals surface area contributed by atoms with Gasteiger partial charge in [0, 0.05) is 17.3 Å². The number of halogens is 5. The van der Waals surface area contributed by atoms with Crippen LogP contribution in [0.4, 0.5) is 18.9 Å². The quantitative estimate of drug-likeness (QED) is 0.336. The van der Waals surface area contributed by atoms with E-state index in [1.165, 1.54) is 23.2 Å². The van der Waals surface area contributed by atoms with Crippen molar-refractivity contribution in [3.8, 4) is 11.9 Å². The summed E-state index contributed by atoms with van der Waals surface area (Å²) in [5.74, 6) is 0.115. The van der Waals surface area contributed by atoms with Gasteiger partial charge in [-0.3, -0.25) is 0 Å². The van der Waals surface area contributed by atoms with Crippen molar-refractivity contribution in [3.63, 3.8) is 0 Å². The first-order chi connectivity index (χ1) is 15.7. The molecule has 1 aliphatic rings. The molecule has 7 nitrogen and oxygen atoms in total. The Bertz CT molecular complexity index is 1100. The molecule has 12 heteroatoms. The van der Waals surface area contributed by atoms with Crippen LogP contribution in [0, 0.1) is 11.5 Å². The van der Waals surface area contributed by atoms with Crippen LogP contribution in [0.2, 0.25) is 10.0 Å². The number of nitrogens with one attached hydrogen (secondary N) is 2. The van der Waals surface area contributed by atoms with Gasteiger partial charge in [-0.2, -0.15) is 23.5 Å². The predicted molar refractivity (Wildman–Crippen MR) is 122 cm³/mol. The van der Waals surface area contributed by atoms with Crippen molar-refractivity contribution in [1.82, 2.24) is 10.3 Å². The number of rotatable bonds is 6. The lowest BCUT2D eigenvalue weighted by Crippen LogP contribution is -2.41. The topological polar surface area (TPSA) is 85.0 Å². The molecule has 0 radical (unpaired) electrons. The second-order valence-corrected chi connectivity index (χ2v) is 7.71. The summed E-state index contributed by atoms with van der Waals surface area (Å²) in [5.41, 5.74) is 1.80. The number of benzene rings is 2. The molecule has 1 heterocycles. The lowest BCUT2D eigenvalue weighted by atomic mass is 10.0. The van der Waals surface area contributed by atoms with E-state index in [4.69, 9.17) is 27.9 Å². The van der Waals surface area contributed by atoms with Crippen LogP contribution >= 0.6 is 23.2 Å². The Morgan fingerprint density at radius 3 is 2.73 bits per heavy atom. The third-order valence-electron chi connectivity index (χ3n) is 4.47. The molecule has 3 rings (SSSR count). The van der Waals surface area contributed by atoms with Gasteiger partial charge in [0.15, 0.2) is 6.61 Å². The molecule has 174 valence electrons. The Hall–Kier alpha value is -3.00. The Balaban J connectivity index is 1.84. The molecule has 0 aliphatic carbocycles. The van der Waals surface area contributed by atoms with Gasteiger partial charge in [0.1, 0.15) is 5.75 Å². The van der Waals surface area contributed by atoms with Crippen LogP contribution < -0.4 is 15.4 Å². The van der Waals surface area contributed by atoms with Gasteiger partial charge < -0.3 is 15.4 Å². The maximum absolute atomic E-state index is 12.4. The summed E-state index contributed by atoms with van der Waals surface area (Å²) in [6.07, 6.45) is -2.74. The molecule has 0 saturated carbocycles. The van der Waals surface area contributed by atoms with Gasteiger partial charge in [-0.25, -0.2) is 5.01 Å². The maximum atomic E-state index is 12.4. The number of hydrazone groups is 1. The largest absolute Gasteiger partial charge is 0.484 e. The predicted octanol–water partition coefficient (Wildman–Crippen LogP) is 4.88. The number of hydrogen-bond acceptors (Lipinski definition) is 5. The van der Waals surface area contributed by atoms with E-state index in [2.05, 4.69) is 20.7 Å². The molecular weight excluding hydrogens is 480 g/mol. The molecule has 2 N–H and O–H groups in total. The van der Waals surface area contributed by atoms with Gasteiger partial charge in [0.25, 0.3) is 0 Å². The zero-order valence-corrected chi connectivity index (χ0v) is 18.8. The molecule has 0 spiro atoms. The number of nitriles is 1. The first-order valence-electron chi connectivity index (χ1n) is 9.78. The molecule has 0 aromatic heterocycles. The molecule has 0 saturated heterocycles. The van der Waals surface area contributed by atoms with Gasteiger partial charge >= 0.3 is 6.18 Å². The van der Waals surface area contributed by atoms with Gasteiger partial charge in [-0.15, -0.1) is 4.99 Å². The number of aliphatic imine (C=N–C) groups is 1. The standard InChI is InChI=1S/C21H19Cl2F3N6O/c1-2-28-18-10-32(31-19(18)13-6-7-16(22)17(23)8-13)20(29-12-27)30-14-4-3-5-15(9-14)33-11-21(24,25)26/h3-9,18,28H,2,10-11H2,1H3,(H,29,30). The first kappa shape index (κ1) is 24.6.